The minimum absolute atomic E-state index is 0.300. The number of esters is 4. The van der Waals surface area contributed by atoms with E-state index < -0.39 is 0 Å². The highest BCUT2D eigenvalue weighted by atomic mass is 16.6. The molecule has 2 aliphatic heterocycles. The molecule has 0 saturated carbocycles. The van der Waals surface area contributed by atoms with Crippen molar-refractivity contribution in [3.63, 3.8) is 0 Å². The van der Waals surface area contributed by atoms with E-state index in [0.29, 0.717) is 71.7 Å². The van der Waals surface area contributed by atoms with Gasteiger partial charge in [0.05, 0.1) is 0 Å². The number of rotatable bonds is 17. The Kier molecular flexibility index (Phi) is 13.4. The predicted molar refractivity (Wildman–Crippen MR) is 210 cm³/mol. The molecule has 10 nitrogen and oxygen atoms in total. The van der Waals surface area contributed by atoms with E-state index in [1.807, 2.05) is 52.0 Å². The SMILES string of the molecule is CCCCC(=O)Oc1ccc2c(c1)Oc1cc(OC(=O)CCCC)ccc1C2C1c2ccc(OC(=O)CCCC)cc2Oc2cc(OC(=O)CCCC)ccc21. The van der Waals surface area contributed by atoms with Crippen LogP contribution in [-0.2, 0) is 19.2 Å². The zero-order valence-corrected chi connectivity index (χ0v) is 32.7. The summed E-state index contributed by atoms with van der Waals surface area (Å²) in [5, 5.41) is 0. The summed E-state index contributed by atoms with van der Waals surface area (Å²) in [4.78, 5) is 50.6. The summed E-state index contributed by atoms with van der Waals surface area (Å²) in [5.41, 5.74) is 3.31. The quantitative estimate of drug-likeness (QED) is 0.0758. The summed E-state index contributed by atoms with van der Waals surface area (Å²) in [6.07, 6.45) is 7.54. The number of carbonyl (C=O) groups excluding carboxylic acids is 4. The van der Waals surface area contributed by atoms with Crippen molar-refractivity contribution in [2.45, 2.75) is 117 Å². The lowest BCUT2D eigenvalue weighted by molar-refractivity contribution is -0.135. The van der Waals surface area contributed by atoms with Crippen molar-refractivity contribution < 1.29 is 47.6 Å². The van der Waals surface area contributed by atoms with Crippen LogP contribution in [-0.4, -0.2) is 23.9 Å². The Balaban J connectivity index is 1.46. The van der Waals surface area contributed by atoms with Crippen molar-refractivity contribution in [2.75, 3.05) is 0 Å². The Morgan fingerprint density at radius 1 is 0.411 bits per heavy atom. The minimum atomic E-state index is -0.388. The van der Waals surface area contributed by atoms with Crippen LogP contribution in [0.5, 0.6) is 46.0 Å². The van der Waals surface area contributed by atoms with Crippen LogP contribution in [0.3, 0.4) is 0 Å². The molecule has 0 atom stereocenters. The van der Waals surface area contributed by atoms with E-state index in [1.54, 1.807) is 48.5 Å². The molecule has 6 rings (SSSR count). The summed E-state index contributed by atoms with van der Waals surface area (Å²) < 4.78 is 36.0. The summed E-state index contributed by atoms with van der Waals surface area (Å²) in [6.45, 7) is 8.06. The summed E-state index contributed by atoms with van der Waals surface area (Å²) in [7, 11) is 0. The summed E-state index contributed by atoms with van der Waals surface area (Å²) in [5.74, 6) is 1.25. The molecule has 4 aromatic carbocycles. The van der Waals surface area contributed by atoms with Gasteiger partial charge in [0.1, 0.15) is 46.0 Å². The van der Waals surface area contributed by atoms with E-state index in [2.05, 4.69) is 0 Å². The van der Waals surface area contributed by atoms with Crippen molar-refractivity contribution in [3.8, 4) is 46.0 Å². The molecule has 0 saturated heterocycles. The van der Waals surface area contributed by atoms with Gasteiger partial charge < -0.3 is 28.4 Å². The second-order valence-corrected chi connectivity index (χ2v) is 14.3. The Morgan fingerprint density at radius 3 is 0.857 bits per heavy atom. The van der Waals surface area contributed by atoms with Crippen molar-refractivity contribution in [3.05, 3.63) is 95.1 Å². The van der Waals surface area contributed by atoms with Gasteiger partial charge in [0.2, 0.25) is 0 Å². The highest BCUT2D eigenvalue weighted by molar-refractivity contribution is 5.75. The molecule has 0 amide bonds. The molecule has 0 bridgehead atoms. The number of hydrogen-bond donors (Lipinski definition) is 0. The Bertz CT molecular complexity index is 1780. The van der Waals surface area contributed by atoms with Crippen LogP contribution in [0.4, 0.5) is 0 Å². The molecule has 0 aromatic heterocycles. The van der Waals surface area contributed by atoms with Crippen molar-refractivity contribution >= 4 is 23.9 Å². The maximum absolute atomic E-state index is 12.7. The van der Waals surface area contributed by atoms with Crippen LogP contribution in [0, 0.1) is 0 Å². The van der Waals surface area contributed by atoms with Crippen LogP contribution in [0.15, 0.2) is 72.8 Å². The Labute approximate surface area is 328 Å². The summed E-state index contributed by atoms with van der Waals surface area (Å²) in [6, 6.07) is 21.6. The van der Waals surface area contributed by atoms with E-state index >= 15 is 0 Å². The highest BCUT2D eigenvalue weighted by Crippen LogP contribution is 2.58. The smallest absolute Gasteiger partial charge is 0.311 e. The van der Waals surface area contributed by atoms with Gasteiger partial charge in [-0.1, -0.05) is 77.6 Å². The van der Waals surface area contributed by atoms with Gasteiger partial charge in [0.25, 0.3) is 0 Å². The number of unbranched alkanes of at least 4 members (excludes halogenated alkanes) is 4. The topological polar surface area (TPSA) is 124 Å². The van der Waals surface area contributed by atoms with Gasteiger partial charge in [0.15, 0.2) is 0 Å². The highest BCUT2D eigenvalue weighted by Gasteiger charge is 2.41. The molecule has 10 heteroatoms. The third-order valence-electron chi connectivity index (χ3n) is 9.92. The van der Waals surface area contributed by atoms with Crippen LogP contribution in [0.2, 0.25) is 0 Å². The maximum Gasteiger partial charge on any atom is 0.311 e. The second-order valence-electron chi connectivity index (χ2n) is 14.3. The first kappa shape index (κ1) is 40.0. The van der Waals surface area contributed by atoms with E-state index in [4.69, 9.17) is 28.4 Å². The normalized spacial score (nSPS) is 12.9. The van der Waals surface area contributed by atoms with E-state index in [9.17, 15) is 19.2 Å². The molecule has 2 aliphatic rings. The first-order valence-electron chi connectivity index (χ1n) is 19.9. The number of benzene rings is 4. The molecule has 0 unspecified atom stereocenters. The molecular weight excluding hydrogens is 712 g/mol. The standard InChI is InChI=1S/C46H50O10/c1-5-9-13-41(47)51-29-17-21-33-37(25-29)55-38-26-30(52-42(48)14-10-6-2)18-22-34(38)45(33)46-35-23-19-31(53-43(49)15-11-7-3)27-39(35)56-40-28-32(20-24-36(40)46)54-44(50)16-12-8-4/h17-28,45-46H,5-16H2,1-4H3. The maximum atomic E-state index is 12.7. The van der Waals surface area contributed by atoms with Gasteiger partial charge >= 0.3 is 23.9 Å². The Morgan fingerprint density at radius 2 is 0.643 bits per heavy atom. The number of fused-ring (bicyclic) bond motifs is 4. The first-order chi connectivity index (χ1) is 27.2. The third kappa shape index (κ3) is 9.59. The second kappa shape index (κ2) is 18.8. The van der Waals surface area contributed by atoms with Crippen LogP contribution < -0.4 is 28.4 Å². The predicted octanol–water partition coefficient (Wildman–Crippen LogP) is 11.2. The van der Waals surface area contributed by atoms with Crippen molar-refractivity contribution in [2.24, 2.45) is 0 Å². The van der Waals surface area contributed by atoms with Crippen LogP contribution >= 0.6 is 0 Å². The third-order valence-corrected chi connectivity index (χ3v) is 9.92. The summed E-state index contributed by atoms with van der Waals surface area (Å²) >= 11 is 0. The largest absolute Gasteiger partial charge is 0.456 e. The molecule has 56 heavy (non-hydrogen) atoms. The van der Waals surface area contributed by atoms with E-state index in [1.165, 1.54) is 0 Å². The molecular formula is C46H50O10. The molecule has 0 aliphatic carbocycles. The molecule has 0 N–H and O–H groups in total. The van der Waals surface area contributed by atoms with Gasteiger partial charge in [-0.25, -0.2) is 0 Å². The fourth-order valence-electron chi connectivity index (χ4n) is 7.00. The average molecular weight is 763 g/mol. The first-order valence-corrected chi connectivity index (χ1v) is 19.9. The lowest BCUT2D eigenvalue weighted by Crippen LogP contribution is -2.22. The van der Waals surface area contributed by atoms with Crippen LogP contribution in [0.25, 0.3) is 0 Å². The van der Waals surface area contributed by atoms with Crippen molar-refractivity contribution in [1.29, 1.82) is 0 Å². The van der Waals surface area contributed by atoms with Gasteiger partial charge in [-0.05, 0) is 49.9 Å². The number of ether oxygens (including phenoxy) is 6. The fraction of sp³-hybridized carbons (Fsp3) is 0.391. The molecule has 0 radical (unpaired) electrons. The van der Waals surface area contributed by atoms with Gasteiger partial charge in [0, 0.05) is 84.0 Å². The zero-order valence-electron chi connectivity index (χ0n) is 32.7. The molecule has 2 heterocycles. The van der Waals surface area contributed by atoms with Gasteiger partial charge in [-0.2, -0.15) is 0 Å². The molecule has 0 fully saturated rings. The van der Waals surface area contributed by atoms with Crippen molar-refractivity contribution in [1.82, 2.24) is 0 Å². The number of carbonyl (C=O) groups is 4. The van der Waals surface area contributed by atoms with E-state index in [0.717, 1.165) is 73.6 Å². The minimum Gasteiger partial charge on any atom is -0.456 e. The molecule has 4 aromatic rings. The molecule has 294 valence electrons. The lowest BCUT2D eigenvalue weighted by Gasteiger charge is -2.38. The van der Waals surface area contributed by atoms with Crippen LogP contribution in [0.1, 0.15) is 139 Å². The molecule has 0 spiro atoms. The lowest BCUT2D eigenvalue weighted by atomic mass is 9.71. The average Bonchev–Trinajstić information content (AvgIpc) is 3.18. The van der Waals surface area contributed by atoms with Gasteiger partial charge in [-0.3, -0.25) is 19.2 Å². The van der Waals surface area contributed by atoms with E-state index in [-0.39, 0.29) is 35.7 Å². The monoisotopic (exact) mass is 762 g/mol. The Hall–Kier alpha value is -5.64. The fourth-order valence-corrected chi connectivity index (χ4v) is 7.00. The number of hydrogen-bond acceptors (Lipinski definition) is 10. The van der Waals surface area contributed by atoms with Gasteiger partial charge in [-0.15, -0.1) is 0 Å². The zero-order chi connectivity index (χ0) is 39.6.